The van der Waals surface area contributed by atoms with Crippen molar-refractivity contribution in [1.29, 1.82) is 0 Å². The summed E-state index contributed by atoms with van der Waals surface area (Å²) in [6, 6.07) is 1.21. The zero-order valence-corrected chi connectivity index (χ0v) is 11.7. The predicted octanol–water partition coefficient (Wildman–Crippen LogP) is -2.18. The van der Waals surface area contributed by atoms with E-state index in [1.165, 1.54) is 13.0 Å². The molecule has 1 aliphatic heterocycles. The van der Waals surface area contributed by atoms with Crippen LogP contribution in [0.15, 0.2) is 15.7 Å². The first kappa shape index (κ1) is 15.5. The maximum Gasteiger partial charge on any atom is 0.330 e. The fraction of sp³-hybridized carbons (Fsp3) is 0.538. The minimum absolute atomic E-state index is 0.312. The third-order valence-corrected chi connectivity index (χ3v) is 3.48. The topological polar surface area (TPSA) is 131 Å². The average Bonchev–Trinajstić information content (AvgIpc) is 2.63. The standard InChI is InChI=1S/C13H17N3O5/c1-3-4-13(14)10(19)8(6-17)21-11(13)16-7(2)5-9(18)15-12(16)20/h5,8,10-11,17,19H,6,14H2,1-2H3,(H,15,18,20)/t8?,10-,11?,13?/m0/s1. The molecule has 2 rings (SSSR count). The fourth-order valence-electron chi connectivity index (χ4n) is 2.49. The molecule has 4 atom stereocenters. The largest absolute Gasteiger partial charge is 0.394 e. The molecule has 0 aromatic carbocycles. The van der Waals surface area contributed by atoms with Gasteiger partial charge in [0.1, 0.15) is 12.2 Å². The molecule has 21 heavy (non-hydrogen) atoms. The van der Waals surface area contributed by atoms with Crippen molar-refractivity contribution in [3.8, 4) is 11.8 Å². The molecule has 3 unspecified atom stereocenters. The molecule has 1 aromatic heterocycles. The van der Waals surface area contributed by atoms with Crippen LogP contribution in [0.25, 0.3) is 0 Å². The number of nitrogens with one attached hydrogen (secondary N) is 1. The quantitative estimate of drug-likeness (QED) is 0.459. The molecule has 2 heterocycles. The van der Waals surface area contributed by atoms with Crippen molar-refractivity contribution in [3.05, 3.63) is 32.6 Å². The Morgan fingerprint density at radius 3 is 2.76 bits per heavy atom. The Kier molecular flexibility index (Phi) is 4.02. The monoisotopic (exact) mass is 295 g/mol. The van der Waals surface area contributed by atoms with Gasteiger partial charge in [-0.15, -0.1) is 5.92 Å². The molecule has 0 bridgehead atoms. The van der Waals surface area contributed by atoms with Gasteiger partial charge < -0.3 is 20.7 Å². The zero-order chi connectivity index (χ0) is 15.8. The van der Waals surface area contributed by atoms with Crippen LogP contribution in [0.3, 0.4) is 0 Å². The van der Waals surface area contributed by atoms with Gasteiger partial charge in [-0.3, -0.25) is 14.3 Å². The van der Waals surface area contributed by atoms with Crippen LogP contribution < -0.4 is 17.0 Å². The van der Waals surface area contributed by atoms with E-state index in [9.17, 15) is 19.8 Å². The molecule has 0 spiro atoms. The molecule has 0 amide bonds. The molecular weight excluding hydrogens is 278 g/mol. The molecule has 1 fully saturated rings. The second-order valence-electron chi connectivity index (χ2n) is 4.91. The Hall–Kier alpha value is -1.92. The lowest BCUT2D eigenvalue weighted by Crippen LogP contribution is -2.55. The Labute approximate surface area is 120 Å². The van der Waals surface area contributed by atoms with E-state index >= 15 is 0 Å². The Balaban J connectivity index is 2.64. The highest BCUT2D eigenvalue weighted by Gasteiger charge is 2.54. The van der Waals surface area contributed by atoms with Gasteiger partial charge in [-0.05, 0) is 13.8 Å². The number of hydrogen-bond acceptors (Lipinski definition) is 6. The van der Waals surface area contributed by atoms with Crippen molar-refractivity contribution in [2.24, 2.45) is 5.73 Å². The minimum Gasteiger partial charge on any atom is -0.394 e. The van der Waals surface area contributed by atoms with Crippen molar-refractivity contribution >= 4 is 0 Å². The van der Waals surface area contributed by atoms with Gasteiger partial charge in [-0.1, -0.05) is 5.92 Å². The van der Waals surface area contributed by atoms with Crippen LogP contribution >= 0.6 is 0 Å². The predicted molar refractivity (Wildman–Crippen MR) is 73.4 cm³/mol. The number of nitrogens with zero attached hydrogens (tertiary/aromatic N) is 1. The Morgan fingerprint density at radius 1 is 1.57 bits per heavy atom. The van der Waals surface area contributed by atoms with E-state index in [-0.39, 0.29) is 0 Å². The maximum absolute atomic E-state index is 12.0. The summed E-state index contributed by atoms with van der Waals surface area (Å²) >= 11 is 0. The summed E-state index contributed by atoms with van der Waals surface area (Å²) in [5.74, 6) is 5.23. The average molecular weight is 295 g/mol. The van der Waals surface area contributed by atoms with E-state index < -0.39 is 41.8 Å². The summed E-state index contributed by atoms with van der Waals surface area (Å²) in [6.07, 6.45) is -3.38. The lowest BCUT2D eigenvalue weighted by Gasteiger charge is -2.28. The molecule has 1 aromatic rings. The summed E-state index contributed by atoms with van der Waals surface area (Å²) in [6.45, 7) is 2.60. The molecule has 5 N–H and O–H groups in total. The molecule has 8 nitrogen and oxygen atoms in total. The lowest BCUT2D eigenvalue weighted by molar-refractivity contribution is -0.0484. The second kappa shape index (κ2) is 5.46. The summed E-state index contributed by atoms with van der Waals surface area (Å²) < 4.78 is 6.61. The van der Waals surface area contributed by atoms with E-state index in [1.807, 2.05) is 0 Å². The highest BCUT2D eigenvalue weighted by atomic mass is 16.5. The van der Waals surface area contributed by atoms with Gasteiger partial charge in [0.25, 0.3) is 5.56 Å². The molecule has 0 aliphatic carbocycles. The molecule has 114 valence electrons. The van der Waals surface area contributed by atoms with E-state index in [4.69, 9.17) is 10.5 Å². The summed E-state index contributed by atoms with van der Waals surface area (Å²) in [5.41, 5.74) is 3.59. The van der Waals surface area contributed by atoms with Gasteiger partial charge in [0.05, 0.1) is 6.61 Å². The van der Waals surface area contributed by atoms with Crippen LogP contribution in [0.5, 0.6) is 0 Å². The Bertz CT molecular complexity index is 713. The van der Waals surface area contributed by atoms with Crippen LogP contribution in [0.2, 0.25) is 0 Å². The number of rotatable bonds is 2. The molecule has 0 saturated carbocycles. The highest BCUT2D eigenvalue weighted by molar-refractivity contribution is 5.25. The van der Waals surface area contributed by atoms with E-state index in [1.54, 1.807) is 6.92 Å². The SMILES string of the molecule is CC#CC1(N)C(n2c(C)cc(=O)[nH]c2=O)OC(CO)[C@@H]1O. The summed E-state index contributed by atoms with van der Waals surface area (Å²) in [4.78, 5) is 25.4. The van der Waals surface area contributed by atoms with Crippen molar-refractivity contribution in [2.75, 3.05) is 6.61 Å². The summed E-state index contributed by atoms with van der Waals surface area (Å²) in [7, 11) is 0. The fourth-order valence-corrected chi connectivity index (χ4v) is 2.49. The minimum atomic E-state index is -1.57. The second-order valence-corrected chi connectivity index (χ2v) is 4.91. The number of nitrogens with two attached hydrogens (primary N) is 1. The van der Waals surface area contributed by atoms with Crippen LogP contribution in [-0.2, 0) is 4.74 Å². The first-order valence-corrected chi connectivity index (χ1v) is 6.34. The number of aliphatic hydroxyl groups excluding tert-OH is 2. The van der Waals surface area contributed by atoms with Crippen molar-refractivity contribution in [3.63, 3.8) is 0 Å². The smallest absolute Gasteiger partial charge is 0.330 e. The zero-order valence-electron chi connectivity index (χ0n) is 11.7. The number of ether oxygens (including phenoxy) is 1. The van der Waals surface area contributed by atoms with Crippen LogP contribution in [0, 0.1) is 18.8 Å². The van der Waals surface area contributed by atoms with Crippen LogP contribution in [0.1, 0.15) is 18.8 Å². The molecule has 1 aliphatic rings. The maximum atomic E-state index is 12.0. The molecule has 0 radical (unpaired) electrons. The number of H-pyrrole nitrogens is 1. The lowest BCUT2D eigenvalue weighted by atomic mass is 9.91. The first-order valence-electron chi connectivity index (χ1n) is 6.34. The number of hydrogen-bond donors (Lipinski definition) is 4. The third kappa shape index (κ3) is 2.41. The summed E-state index contributed by atoms with van der Waals surface area (Å²) in [5, 5.41) is 19.5. The van der Waals surface area contributed by atoms with Crippen molar-refractivity contribution in [1.82, 2.24) is 9.55 Å². The van der Waals surface area contributed by atoms with Gasteiger partial charge in [0.2, 0.25) is 0 Å². The molecular formula is C13H17N3O5. The molecule has 1 saturated heterocycles. The van der Waals surface area contributed by atoms with Crippen LogP contribution in [0.4, 0.5) is 0 Å². The van der Waals surface area contributed by atoms with E-state index in [0.717, 1.165) is 4.57 Å². The Morgan fingerprint density at radius 2 is 2.24 bits per heavy atom. The van der Waals surface area contributed by atoms with E-state index in [2.05, 4.69) is 16.8 Å². The first-order chi connectivity index (χ1) is 9.85. The third-order valence-electron chi connectivity index (χ3n) is 3.48. The normalized spacial score (nSPS) is 31.8. The highest BCUT2D eigenvalue weighted by Crippen LogP contribution is 2.35. The van der Waals surface area contributed by atoms with Crippen molar-refractivity contribution in [2.45, 2.75) is 37.8 Å². The van der Waals surface area contributed by atoms with Gasteiger partial charge in [-0.25, -0.2) is 4.79 Å². The van der Waals surface area contributed by atoms with Crippen LogP contribution in [-0.4, -0.2) is 44.1 Å². The van der Waals surface area contributed by atoms with E-state index in [0.29, 0.717) is 5.69 Å². The van der Waals surface area contributed by atoms with Gasteiger partial charge in [-0.2, -0.15) is 0 Å². The molecule has 8 heteroatoms. The van der Waals surface area contributed by atoms with Gasteiger partial charge in [0.15, 0.2) is 11.8 Å². The number of aliphatic hydroxyl groups is 2. The van der Waals surface area contributed by atoms with Gasteiger partial charge >= 0.3 is 5.69 Å². The van der Waals surface area contributed by atoms with Crippen molar-refractivity contribution < 1.29 is 14.9 Å². The number of aryl methyl sites for hydroxylation is 1. The number of aromatic nitrogens is 2. The van der Waals surface area contributed by atoms with Gasteiger partial charge in [0, 0.05) is 11.8 Å². The number of aromatic amines is 1.